The minimum absolute atomic E-state index is 0.0626. The summed E-state index contributed by atoms with van der Waals surface area (Å²) in [6, 6.07) is 9.02. The highest BCUT2D eigenvalue weighted by Gasteiger charge is 2.44. The first kappa shape index (κ1) is 13.9. The molecule has 1 aliphatic carbocycles. The first-order valence-electron chi connectivity index (χ1n) is 8.15. The lowest BCUT2D eigenvalue weighted by atomic mass is 9.69. The monoisotopic (exact) mass is 273 g/mol. The van der Waals surface area contributed by atoms with Crippen LogP contribution in [0.4, 0.5) is 0 Å². The lowest BCUT2D eigenvalue weighted by Gasteiger charge is -2.48. The fraction of sp³-hybridized carbons (Fsp3) is 0.667. The second-order valence-corrected chi connectivity index (χ2v) is 6.83. The van der Waals surface area contributed by atoms with Crippen LogP contribution in [0.1, 0.15) is 58.1 Å². The molecule has 1 fully saturated rings. The summed E-state index contributed by atoms with van der Waals surface area (Å²) in [5.74, 6) is 2.70. The van der Waals surface area contributed by atoms with E-state index in [-0.39, 0.29) is 5.60 Å². The van der Waals surface area contributed by atoms with Crippen molar-refractivity contribution in [1.82, 2.24) is 5.32 Å². The number of ether oxygens (including phenoxy) is 1. The van der Waals surface area contributed by atoms with Crippen molar-refractivity contribution in [3.63, 3.8) is 0 Å². The van der Waals surface area contributed by atoms with Gasteiger partial charge in [-0.1, -0.05) is 39.0 Å². The van der Waals surface area contributed by atoms with Gasteiger partial charge in [0.15, 0.2) is 0 Å². The molecule has 20 heavy (non-hydrogen) atoms. The first-order chi connectivity index (χ1) is 9.63. The number of para-hydroxylation sites is 1. The fourth-order valence-corrected chi connectivity index (χ4v) is 3.99. The van der Waals surface area contributed by atoms with Crippen LogP contribution in [0.2, 0.25) is 0 Å². The van der Waals surface area contributed by atoms with E-state index in [1.54, 1.807) is 0 Å². The molecule has 1 heterocycles. The maximum atomic E-state index is 6.52. The number of fused-ring (bicyclic) bond motifs is 1. The summed E-state index contributed by atoms with van der Waals surface area (Å²) < 4.78 is 6.52. The number of hydrogen-bond acceptors (Lipinski definition) is 2. The van der Waals surface area contributed by atoms with Gasteiger partial charge in [0.25, 0.3) is 0 Å². The number of benzene rings is 1. The Hall–Kier alpha value is -1.02. The lowest BCUT2D eigenvalue weighted by Crippen LogP contribution is -2.48. The zero-order valence-corrected chi connectivity index (χ0v) is 13.0. The van der Waals surface area contributed by atoms with Gasteiger partial charge in [0.05, 0.1) is 0 Å². The molecule has 1 spiro atoms. The van der Waals surface area contributed by atoms with Gasteiger partial charge in [-0.3, -0.25) is 0 Å². The Labute approximate surface area is 122 Å². The van der Waals surface area contributed by atoms with Crippen molar-refractivity contribution in [2.24, 2.45) is 11.8 Å². The summed E-state index contributed by atoms with van der Waals surface area (Å²) in [7, 11) is 0. The second-order valence-electron chi connectivity index (χ2n) is 6.83. The molecule has 2 aliphatic rings. The van der Waals surface area contributed by atoms with Crippen molar-refractivity contribution in [2.75, 3.05) is 6.54 Å². The Kier molecular flexibility index (Phi) is 3.76. The van der Waals surface area contributed by atoms with Crippen molar-refractivity contribution in [2.45, 2.75) is 58.1 Å². The van der Waals surface area contributed by atoms with Crippen LogP contribution in [-0.4, -0.2) is 12.1 Å². The van der Waals surface area contributed by atoms with E-state index in [9.17, 15) is 0 Å². The van der Waals surface area contributed by atoms with E-state index in [1.807, 2.05) is 0 Å². The molecule has 1 N–H and O–H groups in total. The Morgan fingerprint density at radius 2 is 2.00 bits per heavy atom. The highest BCUT2D eigenvalue weighted by molar-refractivity contribution is 5.39. The van der Waals surface area contributed by atoms with Crippen molar-refractivity contribution in [1.29, 1.82) is 0 Å². The third-order valence-electron chi connectivity index (χ3n) is 5.37. The van der Waals surface area contributed by atoms with Gasteiger partial charge in [0.2, 0.25) is 0 Å². The van der Waals surface area contributed by atoms with Crippen molar-refractivity contribution < 1.29 is 4.74 Å². The SMILES string of the molecule is CCNC1CC2(CCC(C)C(C)C2)Oc2ccccc21. The molecule has 0 radical (unpaired) electrons. The largest absolute Gasteiger partial charge is 0.487 e. The third kappa shape index (κ3) is 2.46. The molecule has 4 unspecified atom stereocenters. The van der Waals surface area contributed by atoms with Crippen LogP contribution in [-0.2, 0) is 0 Å². The molecule has 0 aromatic heterocycles. The zero-order valence-electron chi connectivity index (χ0n) is 13.0. The molecule has 4 atom stereocenters. The van der Waals surface area contributed by atoms with E-state index in [2.05, 4.69) is 50.4 Å². The zero-order chi connectivity index (χ0) is 14.2. The van der Waals surface area contributed by atoms with Gasteiger partial charge in [0, 0.05) is 18.0 Å². The number of nitrogens with one attached hydrogen (secondary N) is 1. The van der Waals surface area contributed by atoms with Crippen LogP contribution in [0.5, 0.6) is 5.75 Å². The summed E-state index contributed by atoms with van der Waals surface area (Å²) in [5.41, 5.74) is 1.40. The summed E-state index contributed by atoms with van der Waals surface area (Å²) in [4.78, 5) is 0. The third-order valence-corrected chi connectivity index (χ3v) is 5.37. The predicted octanol–water partition coefficient (Wildman–Crippen LogP) is 4.31. The second kappa shape index (κ2) is 5.40. The molecule has 1 aromatic carbocycles. The van der Waals surface area contributed by atoms with E-state index < -0.39 is 0 Å². The van der Waals surface area contributed by atoms with Crippen LogP contribution >= 0.6 is 0 Å². The van der Waals surface area contributed by atoms with Gasteiger partial charge in [-0.25, -0.2) is 0 Å². The van der Waals surface area contributed by atoms with E-state index in [0.717, 1.165) is 30.6 Å². The predicted molar refractivity (Wildman–Crippen MR) is 83.0 cm³/mol. The summed E-state index contributed by atoms with van der Waals surface area (Å²) >= 11 is 0. The van der Waals surface area contributed by atoms with Crippen LogP contribution in [0.3, 0.4) is 0 Å². The molecule has 0 bridgehead atoms. The van der Waals surface area contributed by atoms with Gasteiger partial charge >= 0.3 is 0 Å². The van der Waals surface area contributed by atoms with Crippen LogP contribution < -0.4 is 10.1 Å². The smallest absolute Gasteiger partial charge is 0.124 e. The van der Waals surface area contributed by atoms with E-state index >= 15 is 0 Å². The van der Waals surface area contributed by atoms with E-state index in [4.69, 9.17) is 4.74 Å². The van der Waals surface area contributed by atoms with Gasteiger partial charge in [-0.15, -0.1) is 0 Å². The van der Waals surface area contributed by atoms with E-state index in [1.165, 1.54) is 24.8 Å². The van der Waals surface area contributed by atoms with Gasteiger partial charge in [-0.2, -0.15) is 0 Å². The molecule has 0 amide bonds. The Morgan fingerprint density at radius 1 is 1.20 bits per heavy atom. The maximum Gasteiger partial charge on any atom is 0.124 e. The molecule has 2 nitrogen and oxygen atoms in total. The Balaban J connectivity index is 1.89. The fourth-order valence-electron chi connectivity index (χ4n) is 3.99. The molecular formula is C18H27NO. The number of hydrogen-bond donors (Lipinski definition) is 1. The van der Waals surface area contributed by atoms with Gasteiger partial charge < -0.3 is 10.1 Å². The highest BCUT2D eigenvalue weighted by Crippen LogP contribution is 2.48. The standard InChI is InChI=1S/C18H27NO/c1-4-19-16-12-18(10-9-13(2)14(3)11-18)20-17-8-6-5-7-15(16)17/h5-8,13-14,16,19H,4,9-12H2,1-3H3. The topological polar surface area (TPSA) is 21.3 Å². The van der Waals surface area contributed by atoms with Crippen LogP contribution in [0.15, 0.2) is 24.3 Å². The normalized spacial score (nSPS) is 36.5. The van der Waals surface area contributed by atoms with Gasteiger partial charge in [-0.05, 0) is 43.7 Å². The Bertz CT molecular complexity index is 472. The summed E-state index contributed by atoms with van der Waals surface area (Å²) in [6.45, 7) is 7.98. The molecule has 0 saturated heterocycles. The maximum absolute atomic E-state index is 6.52. The molecule has 1 saturated carbocycles. The number of rotatable bonds is 2. The summed E-state index contributed by atoms with van der Waals surface area (Å²) in [6.07, 6.45) is 4.82. The minimum atomic E-state index is 0.0626. The summed E-state index contributed by atoms with van der Waals surface area (Å²) in [5, 5.41) is 3.66. The van der Waals surface area contributed by atoms with Gasteiger partial charge in [0.1, 0.15) is 11.4 Å². The molecular weight excluding hydrogens is 246 g/mol. The quantitative estimate of drug-likeness (QED) is 0.866. The Morgan fingerprint density at radius 3 is 2.75 bits per heavy atom. The van der Waals surface area contributed by atoms with Crippen LogP contribution in [0, 0.1) is 11.8 Å². The van der Waals surface area contributed by atoms with Crippen molar-refractivity contribution >= 4 is 0 Å². The van der Waals surface area contributed by atoms with Crippen molar-refractivity contribution in [3.05, 3.63) is 29.8 Å². The molecule has 1 aliphatic heterocycles. The average molecular weight is 273 g/mol. The molecule has 2 heteroatoms. The lowest BCUT2D eigenvalue weighted by molar-refractivity contribution is -0.0321. The van der Waals surface area contributed by atoms with Crippen molar-refractivity contribution in [3.8, 4) is 5.75 Å². The minimum Gasteiger partial charge on any atom is -0.487 e. The highest BCUT2D eigenvalue weighted by atomic mass is 16.5. The molecule has 110 valence electrons. The molecule has 3 rings (SSSR count). The van der Waals surface area contributed by atoms with E-state index in [0.29, 0.717) is 6.04 Å². The average Bonchev–Trinajstić information content (AvgIpc) is 2.44. The first-order valence-corrected chi connectivity index (χ1v) is 8.15. The molecule has 1 aromatic rings. The van der Waals surface area contributed by atoms with Crippen LogP contribution in [0.25, 0.3) is 0 Å².